The van der Waals surface area contributed by atoms with Gasteiger partial charge in [-0.2, -0.15) is 0 Å². The number of para-hydroxylation sites is 1. The maximum absolute atomic E-state index is 13.0. The molecule has 1 aliphatic rings. The van der Waals surface area contributed by atoms with Crippen molar-refractivity contribution in [2.45, 2.75) is 25.0 Å². The molecule has 1 fully saturated rings. The maximum Gasteiger partial charge on any atom is 0.242 e. The van der Waals surface area contributed by atoms with Crippen LogP contribution in [-0.4, -0.2) is 62.6 Å². The first kappa shape index (κ1) is 23.8. The van der Waals surface area contributed by atoms with Gasteiger partial charge in [-0.25, -0.2) is 4.98 Å². The highest BCUT2D eigenvalue weighted by molar-refractivity contribution is 7.14. The Bertz CT molecular complexity index is 1140. The number of aliphatic hydroxyl groups excluding tert-OH is 1. The fourth-order valence-electron chi connectivity index (χ4n) is 4.15. The van der Waals surface area contributed by atoms with Crippen molar-refractivity contribution in [2.75, 3.05) is 39.3 Å². The Morgan fingerprint density at radius 1 is 1.12 bits per heavy atom. The van der Waals surface area contributed by atoms with Gasteiger partial charge in [0.25, 0.3) is 0 Å². The van der Waals surface area contributed by atoms with Crippen LogP contribution in [0.3, 0.4) is 0 Å². The lowest BCUT2D eigenvalue weighted by atomic mass is 10.1. The monoisotopic (exact) mass is 483 g/mol. The summed E-state index contributed by atoms with van der Waals surface area (Å²) in [7, 11) is 4.83. The molecule has 2 aromatic carbocycles. The smallest absolute Gasteiger partial charge is 0.242 e. The first-order valence-corrected chi connectivity index (χ1v) is 11.9. The molecule has 0 spiro atoms. The molecule has 0 radical (unpaired) electrons. The number of aromatic nitrogens is 1. The van der Waals surface area contributed by atoms with Crippen LogP contribution in [0, 0.1) is 0 Å². The van der Waals surface area contributed by atoms with E-state index in [1.807, 2.05) is 52.7 Å². The predicted octanol–water partition coefficient (Wildman–Crippen LogP) is 3.13. The van der Waals surface area contributed by atoms with Crippen LogP contribution in [0.25, 0.3) is 11.3 Å². The van der Waals surface area contributed by atoms with E-state index in [1.165, 1.54) is 11.3 Å². The van der Waals surface area contributed by atoms with Gasteiger partial charge < -0.3 is 29.5 Å². The molecule has 4 rings (SSSR count). The van der Waals surface area contributed by atoms with Crippen LogP contribution >= 0.6 is 11.3 Å². The summed E-state index contributed by atoms with van der Waals surface area (Å²) in [5, 5.41) is 16.0. The van der Waals surface area contributed by atoms with Crippen LogP contribution in [0.5, 0.6) is 17.2 Å². The van der Waals surface area contributed by atoms with E-state index in [0.29, 0.717) is 42.6 Å². The van der Waals surface area contributed by atoms with Crippen LogP contribution in [0.4, 0.5) is 5.13 Å². The minimum atomic E-state index is -0.585. The molecule has 1 aromatic heterocycles. The van der Waals surface area contributed by atoms with Crippen molar-refractivity contribution in [1.82, 2.24) is 10.3 Å². The maximum atomic E-state index is 13.0. The highest BCUT2D eigenvalue weighted by Gasteiger charge is 2.37. The van der Waals surface area contributed by atoms with Gasteiger partial charge in [-0.05, 0) is 36.2 Å². The number of hydrogen-bond acceptors (Lipinski definition) is 8. The third-order valence-electron chi connectivity index (χ3n) is 5.88. The third kappa shape index (κ3) is 5.10. The summed E-state index contributed by atoms with van der Waals surface area (Å²) in [6.07, 6.45) is 0.440. The molecule has 1 aliphatic heterocycles. The number of ether oxygens (including phenoxy) is 3. The molecular formula is C25H29N3O5S. The van der Waals surface area contributed by atoms with Gasteiger partial charge in [-0.1, -0.05) is 18.2 Å². The molecule has 1 amide bonds. The van der Waals surface area contributed by atoms with Crippen LogP contribution in [0.2, 0.25) is 0 Å². The molecule has 0 aliphatic carbocycles. The molecule has 2 heterocycles. The lowest BCUT2D eigenvalue weighted by molar-refractivity contribution is -0.122. The van der Waals surface area contributed by atoms with Gasteiger partial charge in [0.15, 0.2) is 16.6 Å². The number of benzene rings is 2. The highest BCUT2D eigenvalue weighted by atomic mass is 32.1. The van der Waals surface area contributed by atoms with Gasteiger partial charge in [0, 0.05) is 30.5 Å². The van der Waals surface area contributed by atoms with Crippen LogP contribution in [0.15, 0.2) is 47.8 Å². The predicted molar refractivity (Wildman–Crippen MR) is 132 cm³/mol. The van der Waals surface area contributed by atoms with Gasteiger partial charge in [-0.3, -0.25) is 4.79 Å². The topological polar surface area (TPSA) is 93.2 Å². The number of carbonyl (C=O) groups is 1. The van der Waals surface area contributed by atoms with E-state index in [4.69, 9.17) is 19.2 Å². The molecule has 0 saturated carbocycles. The van der Waals surface area contributed by atoms with Crippen LogP contribution < -0.4 is 24.4 Å². The van der Waals surface area contributed by atoms with Gasteiger partial charge in [0.1, 0.15) is 11.8 Å². The first-order valence-electron chi connectivity index (χ1n) is 11.1. The first-order chi connectivity index (χ1) is 16.5. The Balaban J connectivity index is 1.44. The van der Waals surface area contributed by atoms with E-state index in [2.05, 4.69) is 5.32 Å². The molecule has 8 nitrogen and oxygen atoms in total. The number of anilines is 1. The zero-order valence-corrected chi connectivity index (χ0v) is 20.3. The van der Waals surface area contributed by atoms with Crippen molar-refractivity contribution in [3.63, 3.8) is 0 Å². The largest absolute Gasteiger partial charge is 0.496 e. The number of amides is 1. The normalized spacial score (nSPS) is 17.5. The second-order valence-corrected chi connectivity index (χ2v) is 8.83. The Labute approximate surface area is 203 Å². The Morgan fingerprint density at radius 3 is 2.65 bits per heavy atom. The number of β-amino-alcohol motifs (C(OH)–C–C–N with tert-alkyl or cyclic N) is 1. The fraction of sp³-hybridized carbons (Fsp3) is 0.360. The molecule has 1 saturated heterocycles. The van der Waals surface area contributed by atoms with Gasteiger partial charge >= 0.3 is 0 Å². The summed E-state index contributed by atoms with van der Waals surface area (Å²) in [4.78, 5) is 19.6. The van der Waals surface area contributed by atoms with Gasteiger partial charge in [-0.15, -0.1) is 11.3 Å². The third-order valence-corrected chi connectivity index (χ3v) is 6.76. The van der Waals surface area contributed by atoms with E-state index in [9.17, 15) is 9.90 Å². The molecule has 9 heteroatoms. The standard InChI is InChI=1S/C25H29N3O5S/c1-31-21-7-5-4-6-16(21)10-11-26-24(30)20-13-18(29)14-28(20)25-27-19(15-34-25)17-8-9-22(32-2)23(12-17)33-3/h4-9,12,15,18,20,29H,10-11,13-14H2,1-3H3,(H,26,30)/t18?,20-/m0/s1. The molecular weight excluding hydrogens is 454 g/mol. The van der Waals surface area contributed by atoms with E-state index < -0.39 is 12.1 Å². The number of thiazole rings is 1. The number of methoxy groups -OCH3 is 3. The second-order valence-electron chi connectivity index (χ2n) is 8.00. The molecule has 1 unspecified atom stereocenters. The SMILES string of the molecule is COc1ccccc1CCNC(=O)[C@@H]1CC(O)CN1c1nc(-c2ccc(OC)c(OC)c2)cs1. The number of aliphatic hydroxyl groups is 1. The lowest BCUT2D eigenvalue weighted by Crippen LogP contribution is -2.44. The summed E-state index contributed by atoms with van der Waals surface area (Å²) in [6, 6.07) is 12.9. The number of nitrogens with one attached hydrogen (secondary N) is 1. The zero-order valence-electron chi connectivity index (χ0n) is 19.5. The lowest BCUT2D eigenvalue weighted by Gasteiger charge is -2.23. The Morgan fingerprint density at radius 2 is 1.88 bits per heavy atom. The van der Waals surface area contributed by atoms with Crippen molar-refractivity contribution >= 4 is 22.4 Å². The summed E-state index contributed by atoms with van der Waals surface area (Å²) in [5.74, 6) is 1.96. The number of carbonyl (C=O) groups excluding carboxylic acids is 1. The van der Waals surface area contributed by atoms with Crippen molar-refractivity contribution in [3.8, 4) is 28.5 Å². The number of rotatable bonds is 9. The van der Waals surface area contributed by atoms with Crippen LogP contribution in [0.1, 0.15) is 12.0 Å². The Kier molecular flexibility index (Phi) is 7.54. The molecule has 180 valence electrons. The highest BCUT2D eigenvalue weighted by Crippen LogP contribution is 2.36. The Hall–Kier alpha value is -3.30. The van der Waals surface area contributed by atoms with Crippen molar-refractivity contribution in [3.05, 3.63) is 53.4 Å². The molecule has 0 bridgehead atoms. The average molecular weight is 484 g/mol. The second kappa shape index (κ2) is 10.8. The molecule has 2 atom stereocenters. The zero-order chi connectivity index (χ0) is 24.1. The number of hydrogen-bond donors (Lipinski definition) is 2. The van der Waals surface area contributed by atoms with E-state index in [-0.39, 0.29) is 5.91 Å². The molecule has 2 N–H and O–H groups in total. The minimum Gasteiger partial charge on any atom is -0.496 e. The minimum absolute atomic E-state index is 0.116. The summed E-state index contributed by atoms with van der Waals surface area (Å²) in [5.41, 5.74) is 2.70. The van der Waals surface area contributed by atoms with Crippen molar-refractivity contribution in [2.24, 2.45) is 0 Å². The van der Waals surface area contributed by atoms with Crippen molar-refractivity contribution in [1.29, 1.82) is 0 Å². The molecule has 34 heavy (non-hydrogen) atoms. The van der Waals surface area contributed by atoms with E-state index in [0.717, 1.165) is 22.6 Å². The van der Waals surface area contributed by atoms with E-state index >= 15 is 0 Å². The summed E-state index contributed by atoms with van der Waals surface area (Å²) < 4.78 is 16.1. The fourth-order valence-corrected chi connectivity index (χ4v) is 5.04. The van der Waals surface area contributed by atoms with E-state index in [1.54, 1.807) is 21.3 Å². The summed E-state index contributed by atoms with van der Waals surface area (Å²) >= 11 is 1.45. The molecule has 3 aromatic rings. The van der Waals surface area contributed by atoms with Crippen LogP contribution in [-0.2, 0) is 11.2 Å². The van der Waals surface area contributed by atoms with Gasteiger partial charge in [0.05, 0.1) is 33.1 Å². The number of nitrogens with zero attached hydrogens (tertiary/aromatic N) is 2. The van der Waals surface area contributed by atoms with Gasteiger partial charge in [0.2, 0.25) is 5.91 Å². The average Bonchev–Trinajstić information content (AvgIpc) is 3.50. The summed E-state index contributed by atoms with van der Waals surface area (Å²) in [6.45, 7) is 0.845. The van der Waals surface area contributed by atoms with Crippen molar-refractivity contribution < 1.29 is 24.1 Å². The quantitative estimate of drug-likeness (QED) is 0.483.